The second kappa shape index (κ2) is 8.99. The number of carbonyl (C=O) groups is 1. The van der Waals surface area contributed by atoms with E-state index in [1.54, 1.807) is 0 Å². The smallest absolute Gasteiger partial charge is 0.320 e. The van der Waals surface area contributed by atoms with E-state index in [-0.39, 0.29) is 6.03 Å². The van der Waals surface area contributed by atoms with Gasteiger partial charge in [0, 0.05) is 18.8 Å². The number of nitrogens with zero attached hydrogens (tertiary/aromatic N) is 1. The normalized spacial score (nSPS) is 10.3. The predicted molar refractivity (Wildman–Crippen MR) is 96.6 cm³/mol. The van der Waals surface area contributed by atoms with E-state index in [1.165, 1.54) is 5.56 Å². The first-order chi connectivity index (χ1) is 11.2. The highest BCUT2D eigenvalue weighted by Crippen LogP contribution is 2.18. The highest BCUT2D eigenvalue weighted by Gasteiger charge is 2.14. The van der Waals surface area contributed by atoms with Gasteiger partial charge in [-0.05, 0) is 30.0 Å². The molecule has 0 aliphatic heterocycles. The van der Waals surface area contributed by atoms with Gasteiger partial charge in [0.2, 0.25) is 0 Å². The molecule has 0 atom stereocenters. The fraction of sp³-hybridized carbons (Fsp3) is 0.350. The van der Waals surface area contributed by atoms with Crippen LogP contribution in [0.5, 0.6) is 0 Å². The van der Waals surface area contributed by atoms with Gasteiger partial charge in [-0.3, -0.25) is 0 Å². The number of amides is 2. The van der Waals surface area contributed by atoms with Crippen LogP contribution in [-0.2, 0) is 13.0 Å². The molecule has 0 radical (unpaired) electrons. The van der Waals surface area contributed by atoms with Gasteiger partial charge in [0.1, 0.15) is 0 Å². The van der Waals surface area contributed by atoms with Crippen LogP contribution in [0.15, 0.2) is 54.6 Å². The Kier molecular flexibility index (Phi) is 6.67. The van der Waals surface area contributed by atoms with Crippen LogP contribution in [0.1, 0.15) is 37.8 Å². The number of carbonyl (C=O) groups excluding carboxylic acids is 1. The molecule has 0 heterocycles. The predicted octanol–water partition coefficient (Wildman–Crippen LogP) is 5.08. The maximum Gasteiger partial charge on any atom is 0.322 e. The highest BCUT2D eigenvalue weighted by molar-refractivity contribution is 5.90. The number of para-hydroxylation sites is 1. The average Bonchev–Trinajstić information content (AvgIpc) is 2.57. The fourth-order valence-electron chi connectivity index (χ4n) is 2.65. The number of nitrogens with one attached hydrogen (secondary N) is 1. The minimum atomic E-state index is -0.0285. The van der Waals surface area contributed by atoms with Crippen molar-refractivity contribution in [3.8, 4) is 0 Å². The zero-order chi connectivity index (χ0) is 16.5. The minimum absolute atomic E-state index is 0.0285. The van der Waals surface area contributed by atoms with Crippen molar-refractivity contribution < 1.29 is 4.79 Å². The SMILES string of the molecule is CCCc1ccccc1NC(=O)N(CCC)Cc1ccccc1. The zero-order valence-corrected chi connectivity index (χ0v) is 14.1. The van der Waals surface area contributed by atoms with Crippen LogP contribution in [0.25, 0.3) is 0 Å². The van der Waals surface area contributed by atoms with Crippen LogP contribution in [0, 0.1) is 0 Å². The molecule has 0 fully saturated rings. The second-order valence-corrected chi connectivity index (χ2v) is 5.74. The molecule has 23 heavy (non-hydrogen) atoms. The third-order valence-electron chi connectivity index (χ3n) is 3.78. The Balaban J connectivity index is 2.09. The van der Waals surface area contributed by atoms with Gasteiger partial charge in [0.15, 0.2) is 0 Å². The molecule has 1 N–H and O–H groups in total. The standard InChI is InChI=1S/C20H26N2O/c1-3-10-18-13-8-9-14-19(18)21-20(23)22(15-4-2)16-17-11-6-5-7-12-17/h5-9,11-14H,3-4,10,15-16H2,1-2H3,(H,21,23). The molecule has 0 aliphatic rings. The van der Waals surface area contributed by atoms with Gasteiger partial charge in [0.05, 0.1) is 0 Å². The lowest BCUT2D eigenvalue weighted by Gasteiger charge is -2.23. The first-order valence-electron chi connectivity index (χ1n) is 8.42. The molecule has 0 saturated heterocycles. The van der Waals surface area contributed by atoms with Crippen LogP contribution < -0.4 is 5.32 Å². The number of anilines is 1. The van der Waals surface area contributed by atoms with E-state index in [1.807, 2.05) is 41.3 Å². The number of urea groups is 1. The quantitative estimate of drug-likeness (QED) is 0.759. The van der Waals surface area contributed by atoms with Crippen molar-refractivity contribution in [1.82, 2.24) is 4.90 Å². The van der Waals surface area contributed by atoms with Crippen molar-refractivity contribution in [2.45, 2.75) is 39.7 Å². The van der Waals surface area contributed by atoms with Crippen LogP contribution in [0.2, 0.25) is 0 Å². The van der Waals surface area contributed by atoms with E-state index in [9.17, 15) is 4.79 Å². The zero-order valence-electron chi connectivity index (χ0n) is 14.1. The summed E-state index contributed by atoms with van der Waals surface area (Å²) in [6.45, 7) is 5.63. The van der Waals surface area contributed by atoms with Crippen molar-refractivity contribution in [1.29, 1.82) is 0 Å². The third kappa shape index (κ3) is 5.13. The Bertz CT molecular complexity index is 610. The molecule has 122 valence electrons. The summed E-state index contributed by atoms with van der Waals surface area (Å²) in [5, 5.41) is 3.09. The molecule has 0 saturated carbocycles. The van der Waals surface area contributed by atoms with Gasteiger partial charge < -0.3 is 10.2 Å². The van der Waals surface area contributed by atoms with Gasteiger partial charge in [-0.15, -0.1) is 0 Å². The van der Waals surface area contributed by atoms with Crippen LogP contribution in [0.4, 0.5) is 10.5 Å². The molecule has 2 aromatic carbocycles. The van der Waals surface area contributed by atoms with Gasteiger partial charge in [-0.2, -0.15) is 0 Å². The van der Waals surface area contributed by atoms with Crippen molar-refractivity contribution in [3.63, 3.8) is 0 Å². The fourth-order valence-corrected chi connectivity index (χ4v) is 2.65. The summed E-state index contributed by atoms with van der Waals surface area (Å²) in [4.78, 5) is 14.6. The largest absolute Gasteiger partial charge is 0.322 e. The van der Waals surface area contributed by atoms with Gasteiger partial charge in [0.25, 0.3) is 0 Å². The van der Waals surface area contributed by atoms with E-state index in [2.05, 4.69) is 37.4 Å². The molecular weight excluding hydrogens is 284 g/mol. The van der Waals surface area contributed by atoms with Crippen molar-refractivity contribution in [2.75, 3.05) is 11.9 Å². The first kappa shape index (κ1) is 17.1. The molecule has 0 aliphatic carbocycles. The lowest BCUT2D eigenvalue weighted by atomic mass is 10.1. The van der Waals surface area contributed by atoms with Crippen molar-refractivity contribution in [3.05, 3.63) is 65.7 Å². The molecule has 2 aromatic rings. The highest BCUT2D eigenvalue weighted by atomic mass is 16.2. The number of rotatable bonds is 7. The summed E-state index contributed by atoms with van der Waals surface area (Å²) in [6, 6.07) is 18.2. The summed E-state index contributed by atoms with van der Waals surface area (Å²) in [6.07, 6.45) is 2.98. The van der Waals surface area contributed by atoms with E-state index < -0.39 is 0 Å². The topological polar surface area (TPSA) is 32.3 Å². The molecule has 2 rings (SSSR count). The Morgan fingerprint density at radius 1 is 0.957 bits per heavy atom. The number of aryl methyl sites for hydroxylation is 1. The lowest BCUT2D eigenvalue weighted by Crippen LogP contribution is -2.35. The van der Waals surface area contributed by atoms with Gasteiger partial charge >= 0.3 is 6.03 Å². The van der Waals surface area contributed by atoms with E-state index in [4.69, 9.17) is 0 Å². The molecule has 0 spiro atoms. The van der Waals surface area contributed by atoms with E-state index in [0.717, 1.165) is 37.1 Å². The monoisotopic (exact) mass is 310 g/mol. The van der Waals surface area contributed by atoms with Gasteiger partial charge in [-0.1, -0.05) is 68.8 Å². The Hall–Kier alpha value is -2.29. The molecule has 3 nitrogen and oxygen atoms in total. The Morgan fingerprint density at radius 3 is 2.35 bits per heavy atom. The van der Waals surface area contributed by atoms with Crippen LogP contribution >= 0.6 is 0 Å². The van der Waals surface area contributed by atoms with Crippen LogP contribution in [0.3, 0.4) is 0 Å². The minimum Gasteiger partial charge on any atom is -0.320 e. The summed E-state index contributed by atoms with van der Waals surface area (Å²) >= 11 is 0. The first-order valence-corrected chi connectivity index (χ1v) is 8.42. The summed E-state index contributed by atoms with van der Waals surface area (Å²) < 4.78 is 0. The average molecular weight is 310 g/mol. The molecule has 0 unspecified atom stereocenters. The van der Waals surface area contributed by atoms with Gasteiger partial charge in [-0.25, -0.2) is 4.79 Å². The summed E-state index contributed by atoms with van der Waals surface area (Å²) in [5.41, 5.74) is 3.27. The Labute approximate surface area is 139 Å². The molecule has 2 amide bonds. The van der Waals surface area contributed by atoms with E-state index >= 15 is 0 Å². The molecule has 0 bridgehead atoms. The maximum atomic E-state index is 12.7. The molecular formula is C20H26N2O. The number of hydrogen-bond acceptors (Lipinski definition) is 1. The van der Waals surface area contributed by atoms with Crippen molar-refractivity contribution >= 4 is 11.7 Å². The molecule has 3 heteroatoms. The maximum absolute atomic E-state index is 12.7. The Morgan fingerprint density at radius 2 is 1.65 bits per heavy atom. The second-order valence-electron chi connectivity index (χ2n) is 5.74. The third-order valence-corrected chi connectivity index (χ3v) is 3.78. The lowest BCUT2D eigenvalue weighted by molar-refractivity contribution is 0.209. The van der Waals surface area contributed by atoms with Crippen LogP contribution in [-0.4, -0.2) is 17.5 Å². The molecule has 0 aromatic heterocycles. The van der Waals surface area contributed by atoms with E-state index in [0.29, 0.717) is 6.54 Å². The number of benzene rings is 2. The summed E-state index contributed by atoms with van der Waals surface area (Å²) in [5.74, 6) is 0. The summed E-state index contributed by atoms with van der Waals surface area (Å²) in [7, 11) is 0. The number of hydrogen-bond donors (Lipinski definition) is 1. The van der Waals surface area contributed by atoms with Crippen molar-refractivity contribution in [2.24, 2.45) is 0 Å².